The summed E-state index contributed by atoms with van der Waals surface area (Å²) in [5, 5.41) is 0.893. The molecular weight excluding hydrogens is 194 g/mol. The lowest BCUT2D eigenvalue weighted by Gasteiger charge is -2.15. The van der Waals surface area contributed by atoms with Gasteiger partial charge < -0.3 is 5.73 Å². The van der Waals surface area contributed by atoms with Crippen LogP contribution in [0.3, 0.4) is 0 Å². The van der Waals surface area contributed by atoms with Crippen LogP contribution in [0.15, 0.2) is 18.2 Å². The average molecular weight is 210 g/mol. The van der Waals surface area contributed by atoms with Gasteiger partial charge in [-0.25, -0.2) is 0 Å². The molecule has 1 aromatic rings. The molecule has 1 aromatic carbocycles. The van der Waals surface area contributed by atoms with E-state index in [4.69, 9.17) is 17.3 Å². The van der Waals surface area contributed by atoms with E-state index in [-0.39, 0.29) is 0 Å². The van der Waals surface area contributed by atoms with Crippen LogP contribution in [0, 0.1) is 12.3 Å². The summed E-state index contributed by atoms with van der Waals surface area (Å²) in [5.74, 6) is 0. The lowest BCUT2D eigenvalue weighted by atomic mass is 9.94. The first-order chi connectivity index (χ1) is 6.67. The first-order valence-corrected chi connectivity index (χ1v) is 5.49. The molecule has 2 rings (SSSR count). The van der Waals surface area contributed by atoms with E-state index >= 15 is 0 Å². The molecule has 0 heterocycles. The van der Waals surface area contributed by atoms with Crippen molar-refractivity contribution >= 4 is 11.6 Å². The minimum atomic E-state index is 0.371. The summed E-state index contributed by atoms with van der Waals surface area (Å²) >= 11 is 6.18. The third kappa shape index (κ3) is 1.79. The van der Waals surface area contributed by atoms with Gasteiger partial charge in [0.25, 0.3) is 0 Å². The van der Waals surface area contributed by atoms with Crippen molar-refractivity contribution in [3.8, 4) is 0 Å². The summed E-state index contributed by atoms with van der Waals surface area (Å²) in [6.07, 6.45) is 3.57. The minimum absolute atomic E-state index is 0.371. The van der Waals surface area contributed by atoms with Gasteiger partial charge in [0, 0.05) is 5.02 Å². The second kappa shape index (κ2) is 3.56. The van der Waals surface area contributed by atoms with Gasteiger partial charge in [-0.1, -0.05) is 23.7 Å². The van der Waals surface area contributed by atoms with E-state index in [0.29, 0.717) is 5.41 Å². The molecule has 1 saturated carbocycles. The second-order valence-corrected chi connectivity index (χ2v) is 4.82. The van der Waals surface area contributed by atoms with E-state index in [2.05, 4.69) is 13.0 Å². The van der Waals surface area contributed by atoms with E-state index in [9.17, 15) is 0 Å². The highest BCUT2D eigenvalue weighted by Crippen LogP contribution is 2.48. The van der Waals surface area contributed by atoms with Gasteiger partial charge >= 0.3 is 0 Å². The number of benzene rings is 1. The molecule has 0 spiro atoms. The van der Waals surface area contributed by atoms with Gasteiger partial charge in [-0.15, -0.1) is 0 Å². The van der Waals surface area contributed by atoms with Crippen LogP contribution in [-0.4, -0.2) is 6.54 Å². The highest BCUT2D eigenvalue weighted by molar-refractivity contribution is 6.31. The van der Waals surface area contributed by atoms with E-state index in [1.165, 1.54) is 24.0 Å². The van der Waals surface area contributed by atoms with Gasteiger partial charge in [0.1, 0.15) is 0 Å². The Kier molecular flexibility index (Phi) is 2.54. The topological polar surface area (TPSA) is 26.0 Å². The van der Waals surface area contributed by atoms with Crippen molar-refractivity contribution in [1.82, 2.24) is 0 Å². The zero-order chi connectivity index (χ0) is 10.2. The molecule has 76 valence electrons. The van der Waals surface area contributed by atoms with Crippen molar-refractivity contribution in [1.29, 1.82) is 0 Å². The Hall–Kier alpha value is -0.530. The van der Waals surface area contributed by atoms with E-state index < -0.39 is 0 Å². The Labute approximate surface area is 90.3 Å². The highest BCUT2D eigenvalue weighted by Gasteiger charge is 2.41. The molecule has 0 amide bonds. The first kappa shape index (κ1) is 10.0. The maximum absolute atomic E-state index is 6.18. The number of aryl methyl sites for hydroxylation is 1. The fourth-order valence-corrected chi connectivity index (χ4v) is 2.18. The molecule has 0 unspecified atom stereocenters. The number of hydrogen-bond acceptors (Lipinski definition) is 1. The molecule has 1 aliphatic rings. The molecular formula is C12H16ClN. The quantitative estimate of drug-likeness (QED) is 0.814. The molecule has 1 nitrogen and oxygen atoms in total. The molecule has 0 aliphatic heterocycles. The summed E-state index contributed by atoms with van der Waals surface area (Å²) in [4.78, 5) is 0. The summed E-state index contributed by atoms with van der Waals surface area (Å²) in [7, 11) is 0. The molecule has 14 heavy (non-hydrogen) atoms. The summed E-state index contributed by atoms with van der Waals surface area (Å²) in [5.41, 5.74) is 8.72. The number of halogens is 1. The first-order valence-electron chi connectivity index (χ1n) is 5.11. The molecule has 2 N–H and O–H groups in total. The van der Waals surface area contributed by atoms with Crippen molar-refractivity contribution in [3.63, 3.8) is 0 Å². The van der Waals surface area contributed by atoms with Crippen LogP contribution < -0.4 is 5.73 Å². The van der Waals surface area contributed by atoms with Gasteiger partial charge in [-0.3, -0.25) is 0 Å². The smallest absolute Gasteiger partial charge is 0.0440 e. The fraction of sp³-hybridized carbons (Fsp3) is 0.500. The number of hydrogen-bond donors (Lipinski definition) is 1. The zero-order valence-electron chi connectivity index (χ0n) is 8.52. The van der Waals surface area contributed by atoms with Gasteiger partial charge in [-0.05, 0) is 55.3 Å². The molecule has 2 heteroatoms. The summed E-state index contributed by atoms with van der Waals surface area (Å²) < 4.78 is 0. The monoisotopic (exact) mass is 209 g/mol. The SMILES string of the molecule is Cc1cccc(Cl)c1CC1(CN)CC1. The van der Waals surface area contributed by atoms with Gasteiger partial charge in [0.2, 0.25) is 0 Å². The van der Waals surface area contributed by atoms with E-state index in [0.717, 1.165) is 18.0 Å². The Morgan fingerprint density at radius 3 is 2.64 bits per heavy atom. The second-order valence-electron chi connectivity index (χ2n) is 4.42. The van der Waals surface area contributed by atoms with Crippen molar-refractivity contribution in [2.24, 2.45) is 11.1 Å². The largest absolute Gasteiger partial charge is 0.330 e. The maximum Gasteiger partial charge on any atom is 0.0440 e. The van der Waals surface area contributed by atoms with Crippen molar-refractivity contribution < 1.29 is 0 Å². The lowest BCUT2D eigenvalue weighted by Crippen LogP contribution is -2.18. The van der Waals surface area contributed by atoms with Crippen LogP contribution >= 0.6 is 11.6 Å². The number of nitrogens with two attached hydrogens (primary N) is 1. The lowest BCUT2D eigenvalue weighted by molar-refractivity contribution is 0.520. The van der Waals surface area contributed by atoms with Crippen molar-refractivity contribution in [2.45, 2.75) is 26.2 Å². The summed E-state index contributed by atoms with van der Waals surface area (Å²) in [6, 6.07) is 6.09. The average Bonchev–Trinajstić information content (AvgIpc) is 2.93. The van der Waals surface area contributed by atoms with Crippen molar-refractivity contribution in [3.05, 3.63) is 34.3 Å². The molecule has 0 aromatic heterocycles. The van der Waals surface area contributed by atoms with Crippen LogP contribution in [0.1, 0.15) is 24.0 Å². The van der Waals surface area contributed by atoms with E-state index in [1.807, 2.05) is 12.1 Å². The third-order valence-electron chi connectivity index (χ3n) is 3.29. The van der Waals surface area contributed by atoms with Crippen LogP contribution in [0.2, 0.25) is 5.02 Å². The predicted octanol–water partition coefficient (Wildman–Crippen LogP) is 2.93. The van der Waals surface area contributed by atoms with Crippen LogP contribution in [0.4, 0.5) is 0 Å². The molecule has 0 saturated heterocycles. The Morgan fingerprint density at radius 1 is 1.43 bits per heavy atom. The highest BCUT2D eigenvalue weighted by atomic mass is 35.5. The van der Waals surface area contributed by atoms with Crippen LogP contribution in [0.5, 0.6) is 0 Å². The van der Waals surface area contributed by atoms with Gasteiger partial charge in [0.15, 0.2) is 0 Å². The molecule has 1 aliphatic carbocycles. The number of rotatable bonds is 3. The fourth-order valence-electron chi connectivity index (χ4n) is 1.90. The molecule has 0 bridgehead atoms. The Bertz CT molecular complexity index is 322. The molecule has 0 atom stereocenters. The van der Waals surface area contributed by atoms with Crippen molar-refractivity contribution in [2.75, 3.05) is 6.54 Å². The minimum Gasteiger partial charge on any atom is -0.330 e. The summed E-state index contributed by atoms with van der Waals surface area (Å²) in [6.45, 7) is 2.91. The van der Waals surface area contributed by atoms with E-state index in [1.54, 1.807) is 0 Å². The van der Waals surface area contributed by atoms with Gasteiger partial charge in [-0.2, -0.15) is 0 Å². The standard InChI is InChI=1S/C12H16ClN/c1-9-3-2-4-11(13)10(9)7-12(8-14)5-6-12/h2-4H,5-8,14H2,1H3. The zero-order valence-corrected chi connectivity index (χ0v) is 9.27. The Morgan fingerprint density at radius 2 is 2.14 bits per heavy atom. The van der Waals surface area contributed by atoms with Crippen LogP contribution in [0.25, 0.3) is 0 Å². The third-order valence-corrected chi connectivity index (χ3v) is 3.65. The Balaban J connectivity index is 2.24. The normalized spacial score (nSPS) is 18.2. The van der Waals surface area contributed by atoms with Gasteiger partial charge in [0.05, 0.1) is 0 Å². The maximum atomic E-state index is 6.18. The predicted molar refractivity (Wildman–Crippen MR) is 60.6 cm³/mol. The van der Waals surface area contributed by atoms with Crippen LogP contribution in [-0.2, 0) is 6.42 Å². The molecule has 0 radical (unpaired) electrons. The molecule has 1 fully saturated rings.